The van der Waals surface area contributed by atoms with Crippen LogP contribution in [0.3, 0.4) is 0 Å². The molecule has 10 heteroatoms. The Hall–Kier alpha value is -3.40. The number of nitrogens with zero attached hydrogens (tertiary/aromatic N) is 4. The predicted octanol–water partition coefficient (Wildman–Crippen LogP) is 3.38. The fraction of sp³-hybridized carbons (Fsp3) is 0.429. The van der Waals surface area contributed by atoms with Gasteiger partial charge in [-0.25, -0.2) is 9.78 Å². The molecule has 0 aliphatic rings. The highest BCUT2D eigenvalue weighted by Crippen LogP contribution is 2.28. The minimum absolute atomic E-state index is 0.00278. The van der Waals surface area contributed by atoms with E-state index in [2.05, 4.69) is 32.6 Å². The lowest BCUT2D eigenvalue weighted by molar-refractivity contribution is 0.209. The van der Waals surface area contributed by atoms with Gasteiger partial charge in [0.05, 0.1) is 19.9 Å². The summed E-state index contributed by atoms with van der Waals surface area (Å²) >= 11 is 0. The van der Waals surface area contributed by atoms with Gasteiger partial charge in [0, 0.05) is 17.6 Å². The first kappa shape index (κ1) is 22.3. The van der Waals surface area contributed by atoms with Gasteiger partial charge in [-0.05, 0) is 38.0 Å². The van der Waals surface area contributed by atoms with Gasteiger partial charge >= 0.3 is 6.09 Å². The number of nitrogens with two attached hydrogens (primary N) is 1. The van der Waals surface area contributed by atoms with E-state index >= 15 is 0 Å². The lowest BCUT2D eigenvalue weighted by Crippen LogP contribution is -2.28. The van der Waals surface area contributed by atoms with Gasteiger partial charge in [-0.15, -0.1) is 0 Å². The third-order valence-corrected chi connectivity index (χ3v) is 4.87. The zero-order valence-electron chi connectivity index (χ0n) is 18.3. The van der Waals surface area contributed by atoms with Gasteiger partial charge in [0.25, 0.3) is 0 Å². The van der Waals surface area contributed by atoms with Crippen LogP contribution in [-0.2, 0) is 12.1 Å². The Kier molecular flexibility index (Phi) is 6.59. The number of hydrogen-bond acceptors (Lipinski definition) is 7. The van der Waals surface area contributed by atoms with Crippen LogP contribution in [-0.4, -0.2) is 44.6 Å². The molecule has 0 aliphatic carbocycles. The fourth-order valence-electron chi connectivity index (χ4n) is 3.24. The van der Waals surface area contributed by atoms with Crippen LogP contribution in [0.4, 0.5) is 16.6 Å². The smallest absolute Gasteiger partial charge is 0.411 e. The monoisotopic (exact) mass is 427 g/mol. The molecular formula is C21H29N7O3. The van der Waals surface area contributed by atoms with Crippen molar-refractivity contribution in [3.05, 3.63) is 35.5 Å². The zero-order chi connectivity index (χ0) is 22.6. The molecule has 0 bridgehead atoms. The number of nitrogens with one attached hydrogen (secondary N) is 2. The molecule has 0 radical (unpaired) electrons. The Morgan fingerprint density at radius 1 is 1.32 bits per heavy atom. The Labute approximate surface area is 180 Å². The Bertz CT molecular complexity index is 1070. The number of hydrogen-bond donors (Lipinski definition) is 4. The van der Waals surface area contributed by atoms with Crippen LogP contribution in [0.1, 0.15) is 44.7 Å². The lowest BCUT2D eigenvalue weighted by atomic mass is 9.93. The number of amides is 1. The minimum atomic E-state index is -1.22. The molecule has 0 atom stereocenters. The number of methoxy groups -OCH3 is 1. The summed E-state index contributed by atoms with van der Waals surface area (Å²) in [6, 6.07) is 5.86. The van der Waals surface area contributed by atoms with Gasteiger partial charge in [0.15, 0.2) is 5.82 Å². The van der Waals surface area contributed by atoms with Crippen molar-refractivity contribution in [3.63, 3.8) is 0 Å². The van der Waals surface area contributed by atoms with Crippen molar-refractivity contribution in [1.82, 2.24) is 19.7 Å². The number of rotatable bonds is 9. The number of fused-ring (bicyclic) bond motifs is 1. The van der Waals surface area contributed by atoms with E-state index in [1.165, 1.54) is 0 Å². The molecule has 5 N–H and O–H groups in total. The second-order valence-corrected chi connectivity index (χ2v) is 7.89. The number of carboxylic acid groups (broad SMARTS) is 1. The molecule has 1 aromatic carbocycles. The largest absolute Gasteiger partial charge is 0.496 e. The van der Waals surface area contributed by atoms with E-state index in [9.17, 15) is 4.79 Å². The van der Waals surface area contributed by atoms with Crippen LogP contribution in [0, 0.1) is 0 Å². The van der Waals surface area contributed by atoms with Gasteiger partial charge in [0.1, 0.15) is 16.8 Å². The molecule has 2 heterocycles. The van der Waals surface area contributed by atoms with Gasteiger partial charge in [-0.1, -0.05) is 19.4 Å². The van der Waals surface area contributed by atoms with Crippen molar-refractivity contribution in [3.8, 4) is 5.75 Å². The van der Waals surface area contributed by atoms with E-state index < -0.39 is 11.6 Å². The normalized spacial score (nSPS) is 11.5. The Morgan fingerprint density at radius 2 is 2.10 bits per heavy atom. The van der Waals surface area contributed by atoms with Crippen LogP contribution < -0.4 is 21.1 Å². The third kappa shape index (κ3) is 5.21. The number of unbranched alkanes of at least 4 members (excludes halogenated alkanes) is 1. The molecule has 1 amide bonds. The van der Waals surface area contributed by atoms with E-state index in [1.807, 2.05) is 32.0 Å². The van der Waals surface area contributed by atoms with Crippen molar-refractivity contribution in [1.29, 1.82) is 0 Å². The SMILES string of the molecule is CCCCNc1nc(NC(=O)O)nc2cnn(Cc3cc(C(C)(C)N)ccc3OC)c12. The van der Waals surface area contributed by atoms with Crippen molar-refractivity contribution < 1.29 is 14.6 Å². The van der Waals surface area contributed by atoms with Crippen LogP contribution in [0.5, 0.6) is 5.75 Å². The molecule has 2 aromatic heterocycles. The first-order valence-corrected chi connectivity index (χ1v) is 10.2. The summed E-state index contributed by atoms with van der Waals surface area (Å²) in [6.45, 7) is 7.09. The number of ether oxygens (including phenoxy) is 1. The first-order chi connectivity index (χ1) is 14.7. The van der Waals surface area contributed by atoms with Crippen LogP contribution in [0.25, 0.3) is 11.0 Å². The van der Waals surface area contributed by atoms with E-state index in [0.29, 0.717) is 29.9 Å². The van der Waals surface area contributed by atoms with Crippen LogP contribution in [0.2, 0.25) is 0 Å². The summed E-state index contributed by atoms with van der Waals surface area (Å²) in [5.74, 6) is 1.25. The van der Waals surface area contributed by atoms with Crippen molar-refractivity contribution in [2.75, 3.05) is 24.3 Å². The molecule has 3 aromatic rings. The quantitative estimate of drug-likeness (QED) is 0.381. The summed E-state index contributed by atoms with van der Waals surface area (Å²) in [6.07, 6.45) is 2.33. The average Bonchev–Trinajstić information content (AvgIpc) is 3.09. The summed E-state index contributed by atoms with van der Waals surface area (Å²) < 4.78 is 7.32. The fourth-order valence-corrected chi connectivity index (χ4v) is 3.24. The third-order valence-electron chi connectivity index (χ3n) is 4.87. The average molecular weight is 428 g/mol. The predicted molar refractivity (Wildman–Crippen MR) is 120 cm³/mol. The van der Waals surface area contributed by atoms with Gasteiger partial charge in [0.2, 0.25) is 5.95 Å². The molecule has 31 heavy (non-hydrogen) atoms. The highest BCUT2D eigenvalue weighted by molar-refractivity contribution is 5.89. The molecule has 0 aliphatic heterocycles. The van der Waals surface area contributed by atoms with Gasteiger partial charge in [-0.3, -0.25) is 10.00 Å². The van der Waals surface area contributed by atoms with E-state index in [0.717, 1.165) is 29.7 Å². The molecule has 0 unspecified atom stereocenters. The number of aromatic nitrogens is 4. The van der Waals surface area contributed by atoms with Crippen molar-refractivity contribution in [2.24, 2.45) is 5.73 Å². The second kappa shape index (κ2) is 9.17. The maximum absolute atomic E-state index is 11.0. The summed E-state index contributed by atoms with van der Waals surface area (Å²) in [5.41, 5.74) is 8.89. The Morgan fingerprint density at radius 3 is 2.74 bits per heavy atom. The maximum atomic E-state index is 11.0. The summed E-state index contributed by atoms with van der Waals surface area (Å²) in [4.78, 5) is 19.7. The molecule has 0 fully saturated rings. The molecule has 3 rings (SSSR count). The molecule has 166 valence electrons. The van der Waals surface area contributed by atoms with Gasteiger partial charge in [-0.2, -0.15) is 10.1 Å². The highest BCUT2D eigenvalue weighted by Gasteiger charge is 2.19. The van der Waals surface area contributed by atoms with Crippen LogP contribution in [0.15, 0.2) is 24.4 Å². The molecule has 0 saturated heterocycles. The van der Waals surface area contributed by atoms with Crippen molar-refractivity contribution >= 4 is 28.9 Å². The van der Waals surface area contributed by atoms with Crippen LogP contribution >= 0.6 is 0 Å². The van der Waals surface area contributed by atoms with Gasteiger partial charge < -0.3 is 20.9 Å². The van der Waals surface area contributed by atoms with E-state index in [-0.39, 0.29) is 5.95 Å². The number of anilines is 2. The minimum Gasteiger partial charge on any atom is -0.496 e. The number of carbonyl (C=O) groups is 1. The highest BCUT2D eigenvalue weighted by atomic mass is 16.5. The first-order valence-electron chi connectivity index (χ1n) is 10.2. The standard InChI is InChI=1S/C21H29N7O3/c1-5-6-9-23-18-17-15(25-19(26-18)27-20(29)30)11-24-28(17)12-13-10-14(21(2,3)22)7-8-16(13)31-4/h7-8,10-11H,5-6,9,12,22H2,1-4H3,(H,29,30)(H2,23,25,26,27). The summed E-state index contributed by atoms with van der Waals surface area (Å²) in [7, 11) is 1.62. The lowest BCUT2D eigenvalue weighted by Gasteiger charge is -2.21. The molecular weight excluding hydrogens is 398 g/mol. The molecule has 10 nitrogen and oxygen atoms in total. The van der Waals surface area contributed by atoms with E-state index in [4.69, 9.17) is 15.6 Å². The second-order valence-electron chi connectivity index (χ2n) is 7.89. The Balaban J connectivity index is 2.05. The molecule has 0 spiro atoms. The summed E-state index contributed by atoms with van der Waals surface area (Å²) in [5, 5.41) is 19.0. The zero-order valence-corrected chi connectivity index (χ0v) is 18.3. The van der Waals surface area contributed by atoms with Crippen molar-refractivity contribution in [2.45, 2.75) is 45.7 Å². The van der Waals surface area contributed by atoms with E-state index in [1.54, 1.807) is 18.0 Å². The maximum Gasteiger partial charge on any atom is 0.411 e. The molecule has 0 saturated carbocycles. The number of benzene rings is 1. The topological polar surface area (TPSA) is 140 Å².